The van der Waals surface area contributed by atoms with Gasteiger partial charge in [0.05, 0.1) is 0 Å². The number of hydrogen-bond donors (Lipinski definition) is 1. The molecule has 2 aromatic rings. The van der Waals surface area contributed by atoms with Gasteiger partial charge in [0, 0.05) is 30.6 Å². The molecular formula is C27H34N2O. The maximum atomic E-state index is 11.8. The Morgan fingerprint density at radius 1 is 1.07 bits per heavy atom. The summed E-state index contributed by atoms with van der Waals surface area (Å²) in [6, 6.07) is 20.1. The average Bonchev–Trinajstić information content (AvgIpc) is 3.55. The van der Waals surface area contributed by atoms with Crippen molar-refractivity contribution in [2.24, 2.45) is 5.92 Å². The predicted octanol–water partition coefficient (Wildman–Crippen LogP) is 5.33. The fourth-order valence-corrected chi connectivity index (χ4v) is 4.62. The molecule has 1 N–H and O–H groups in total. The number of rotatable bonds is 8. The van der Waals surface area contributed by atoms with E-state index in [1.165, 1.54) is 36.0 Å². The summed E-state index contributed by atoms with van der Waals surface area (Å²) in [5.74, 6) is 0.924. The van der Waals surface area contributed by atoms with Gasteiger partial charge in [-0.1, -0.05) is 73.2 Å². The van der Waals surface area contributed by atoms with Gasteiger partial charge in [-0.25, -0.2) is 0 Å². The third kappa shape index (κ3) is 5.47. The van der Waals surface area contributed by atoms with E-state index in [0.29, 0.717) is 24.4 Å². The van der Waals surface area contributed by atoms with Crippen LogP contribution < -0.4 is 5.32 Å². The summed E-state index contributed by atoms with van der Waals surface area (Å²) in [7, 11) is 0. The molecule has 158 valence electrons. The van der Waals surface area contributed by atoms with Crippen molar-refractivity contribution in [2.45, 2.75) is 58.2 Å². The van der Waals surface area contributed by atoms with Crippen LogP contribution >= 0.6 is 0 Å². The minimum Gasteiger partial charge on any atom is -0.311 e. The summed E-state index contributed by atoms with van der Waals surface area (Å²) < 4.78 is 0. The molecule has 2 aromatic carbocycles. The summed E-state index contributed by atoms with van der Waals surface area (Å²) in [5, 5.41) is 3.92. The zero-order valence-electron chi connectivity index (χ0n) is 18.3. The third-order valence-corrected chi connectivity index (χ3v) is 6.61. The van der Waals surface area contributed by atoms with Crippen LogP contribution in [-0.4, -0.2) is 35.9 Å². The topological polar surface area (TPSA) is 32.3 Å². The average molecular weight is 403 g/mol. The van der Waals surface area contributed by atoms with Crippen molar-refractivity contribution >= 4 is 11.9 Å². The number of Topliss-reactive ketones (excluding diaryl/α,β-unsaturated/α-hetero) is 1. The lowest BCUT2D eigenvalue weighted by Gasteiger charge is -2.32. The number of hydrogen-bond acceptors (Lipinski definition) is 3. The van der Waals surface area contributed by atoms with Crippen molar-refractivity contribution in [3.8, 4) is 0 Å². The highest BCUT2D eigenvalue weighted by atomic mass is 16.1. The Balaban J connectivity index is 1.20. The van der Waals surface area contributed by atoms with Crippen LogP contribution in [0.5, 0.6) is 0 Å². The van der Waals surface area contributed by atoms with E-state index in [9.17, 15) is 4.79 Å². The lowest BCUT2D eigenvalue weighted by Crippen LogP contribution is -2.43. The van der Waals surface area contributed by atoms with E-state index in [4.69, 9.17) is 0 Å². The fourth-order valence-electron chi connectivity index (χ4n) is 4.62. The van der Waals surface area contributed by atoms with E-state index >= 15 is 0 Å². The van der Waals surface area contributed by atoms with Crippen molar-refractivity contribution in [1.29, 1.82) is 0 Å². The predicted molar refractivity (Wildman–Crippen MR) is 124 cm³/mol. The highest BCUT2D eigenvalue weighted by Crippen LogP contribution is 2.38. The lowest BCUT2D eigenvalue weighted by atomic mass is 10.0. The molecule has 0 radical (unpaired) electrons. The van der Waals surface area contributed by atoms with Gasteiger partial charge in [0.2, 0.25) is 0 Å². The zero-order valence-corrected chi connectivity index (χ0v) is 18.3. The van der Waals surface area contributed by atoms with Crippen LogP contribution in [0.4, 0.5) is 0 Å². The molecule has 0 amide bonds. The summed E-state index contributed by atoms with van der Waals surface area (Å²) >= 11 is 0. The molecule has 1 aliphatic heterocycles. The first-order valence-electron chi connectivity index (χ1n) is 11.5. The normalized spacial score (nSPS) is 22.8. The standard InChI is InChI=1S/C27H34N2O/c1-3-27(30)23-11-9-22(10-12-23)19-29-15-13-24(14-16-29)28-26-18-25(26)20(2)17-21-7-5-4-6-8-21/h4-12,17,24-26,28H,3,13-16,18-19H2,1-2H3/b20-17+/t25-,26+/m0/s1. The van der Waals surface area contributed by atoms with Gasteiger partial charge in [0.1, 0.15) is 0 Å². The van der Waals surface area contributed by atoms with Crippen LogP contribution in [0.15, 0.2) is 60.2 Å². The second kappa shape index (κ2) is 9.72. The number of piperidine rings is 1. The number of nitrogens with zero attached hydrogens (tertiary/aromatic N) is 1. The van der Waals surface area contributed by atoms with Gasteiger partial charge in [0.25, 0.3) is 0 Å². The van der Waals surface area contributed by atoms with Crippen LogP contribution in [0.3, 0.4) is 0 Å². The number of carbonyl (C=O) groups excluding carboxylic acids is 1. The van der Waals surface area contributed by atoms with Crippen LogP contribution in [0.2, 0.25) is 0 Å². The molecule has 1 saturated carbocycles. The van der Waals surface area contributed by atoms with E-state index in [-0.39, 0.29) is 5.78 Å². The first kappa shape index (κ1) is 21.0. The number of carbonyl (C=O) groups is 1. The fraction of sp³-hybridized carbons (Fsp3) is 0.444. The van der Waals surface area contributed by atoms with Crippen molar-refractivity contribution in [3.63, 3.8) is 0 Å². The summed E-state index contributed by atoms with van der Waals surface area (Å²) in [5.41, 5.74) is 4.94. The lowest BCUT2D eigenvalue weighted by molar-refractivity contribution is 0.0988. The SMILES string of the molecule is CCC(=O)c1ccc(CN2CCC(N[C@@H]3C[C@H]3/C(C)=C/c3ccccc3)CC2)cc1. The molecule has 2 fully saturated rings. The second-order valence-corrected chi connectivity index (χ2v) is 8.94. The molecule has 2 atom stereocenters. The Morgan fingerprint density at radius 3 is 2.43 bits per heavy atom. The van der Waals surface area contributed by atoms with E-state index in [0.717, 1.165) is 25.2 Å². The van der Waals surface area contributed by atoms with Gasteiger partial charge in [-0.3, -0.25) is 9.69 Å². The summed E-state index contributed by atoms with van der Waals surface area (Å²) in [4.78, 5) is 14.3. The van der Waals surface area contributed by atoms with Crippen LogP contribution in [-0.2, 0) is 6.54 Å². The van der Waals surface area contributed by atoms with Gasteiger partial charge in [0.15, 0.2) is 5.78 Å². The third-order valence-electron chi connectivity index (χ3n) is 6.61. The van der Waals surface area contributed by atoms with Gasteiger partial charge >= 0.3 is 0 Å². The van der Waals surface area contributed by atoms with Crippen LogP contribution in [0.1, 0.15) is 61.0 Å². The summed E-state index contributed by atoms with van der Waals surface area (Å²) in [6.45, 7) is 7.46. The number of benzene rings is 2. The quantitative estimate of drug-likeness (QED) is 0.606. The molecule has 1 aliphatic carbocycles. The van der Waals surface area contributed by atoms with E-state index in [1.54, 1.807) is 0 Å². The van der Waals surface area contributed by atoms with E-state index < -0.39 is 0 Å². The number of ketones is 1. The maximum Gasteiger partial charge on any atom is 0.162 e. The molecule has 1 saturated heterocycles. The molecule has 30 heavy (non-hydrogen) atoms. The Morgan fingerprint density at radius 2 is 1.77 bits per heavy atom. The van der Waals surface area contributed by atoms with Gasteiger partial charge in [-0.05, 0) is 56.3 Å². The highest BCUT2D eigenvalue weighted by molar-refractivity contribution is 5.95. The molecule has 4 rings (SSSR count). The maximum absolute atomic E-state index is 11.8. The van der Waals surface area contributed by atoms with Gasteiger partial charge in [-0.2, -0.15) is 0 Å². The van der Waals surface area contributed by atoms with Crippen molar-refractivity contribution < 1.29 is 4.79 Å². The molecule has 2 aliphatic rings. The Labute approximate surface area is 181 Å². The zero-order chi connectivity index (χ0) is 20.9. The monoisotopic (exact) mass is 402 g/mol. The van der Waals surface area contributed by atoms with Gasteiger partial charge in [-0.15, -0.1) is 0 Å². The molecule has 3 nitrogen and oxygen atoms in total. The van der Waals surface area contributed by atoms with Crippen molar-refractivity contribution in [2.75, 3.05) is 13.1 Å². The second-order valence-electron chi connectivity index (χ2n) is 8.94. The van der Waals surface area contributed by atoms with E-state index in [1.807, 2.05) is 19.1 Å². The number of nitrogens with one attached hydrogen (secondary N) is 1. The van der Waals surface area contributed by atoms with E-state index in [2.05, 4.69) is 65.7 Å². The highest BCUT2D eigenvalue weighted by Gasteiger charge is 2.39. The smallest absolute Gasteiger partial charge is 0.162 e. The molecule has 0 spiro atoms. The van der Waals surface area contributed by atoms with Gasteiger partial charge < -0.3 is 5.32 Å². The van der Waals surface area contributed by atoms with Crippen molar-refractivity contribution in [3.05, 3.63) is 76.9 Å². The molecule has 3 heteroatoms. The molecule has 0 aromatic heterocycles. The van der Waals surface area contributed by atoms with Crippen molar-refractivity contribution in [1.82, 2.24) is 10.2 Å². The Bertz CT molecular complexity index is 863. The van der Waals surface area contributed by atoms with Crippen LogP contribution in [0.25, 0.3) is 6.08 Å². The van der Waals surface area contributed by atoms with Crippen LogP contribution in [0, 0.1) is 5.92 Å². The molecule has 0 unspecified atom stereocenters. The number of likely N-dealkylation sites (tertiary alicyclic amines) is 1. The Kier molecular flexibility index (Phi) is 6.81. The largest absolute Gasteiger partial charge is 0.311 e. The minimum atomic E-state index is 0.223. The molecule has 1 heterocycles. The Hall–Kier alpha value is -2.23. The molecule has 0 bridgehead atoms. The molecular weight excluding hydrogens is 368 g/mol. The first-order valence-corrected chi connectivity index (χ1v) is 11.5. The minimum absolute atomic E-state index is 0.223. The first-order chi connectivity index (χ1) is 14.6. The summed E-state index contributed by atoms with van der Waals surface area (Å²) in [6.07, 6.45) is 6.63.